The second-order valence-electron chi connectivity index (χ2n) is 7.82. The van der Waals surface area contributed by atoms with Gasteiger partial charge in [0.1, 0.15) is 17.3 Å². The van der Waals surface area contributed by atoms with E-state index in [2.05, 4.69) is 10.4 Å². The first-order valence-corrected chi connectivity index (χ1v) is 10.4. The number of hydrogen-bond donors (Lipinski definition) is 1. The molecule has 1 aliphatic rings. The third-order valence-electron chi connectivity index (χ3n) is 5.68. The number of fused-ring (bicyclic) bond motifs is 3. The molecule has 0 fully saturated rings. The monoisotopic (exact) mass is 454 g/mol. The molecule has 8 heteroatoms. The van der Waals surface area contributed by atoms with Gasteiger partial charge in [-0.25, -0.2) is 13.5 Å². The van der Waals surface area contributed by atoms with E-state index in [9.17, 15) is 23.6 Å². The first-order valence-electron chi connectivity index (χ1n) is 10.4. The maximum absolute atomic E-state index is 14.1. The molecule has 1 unspecified atom stereocenters. The Balaban J connectivity index is 1.56. The van der Waals surface area contributed by atoms with E-state index >= 15 is 0 Å². The van der Waals surface area contributed by atoms with Gasteiger partial charge in [0.2, 0.25) is 11.7 Å². The first kappa shape index (κ1) is 21.2. The number of para-hydroxylation sites is 1. The van der Waals surface area contributed by atoms with Crippen molar-refractivity contribution in [3.05, 3.63) is 101 Å². The van der Waals surface area contributed by atoms with Gasteiger partial charge in [-0.2, -0.15) is 10.4 Å². The van der Waals surface area contributed by atoms with E-state index in [1.54, 1.807) is 41.1 Å². The number of aromatic nitrogens is 2. The highest BCUT2D eigenvalue weighted by Crippen LogP contribution is 2.40. The van der Waals surface area contributed by atoms with Crippen LogP contribution in [-0.2, 0) is 11.2 Å². The van der Waals surface area contributed by atoms with Gasteiger partial charge in [-0.3, -0.25) is 9.59 Å². The molecule has 1 atom stereocenters. The van der Waals surface area contributed by atoms with Crippen LogP contribution in [0.4, 0.5) is 14.5 Å². The molecule has 6 nitrogen and oxygen atoms in total. The maximum Gasteiger partial charge on any atom is 0.249 e. The number of carbonyl (C=O) groups excluding carboxylic acids is 2. The summed E-state index contributed by atoms with van der Waals surface area (Å²) in [7, 11) is 0. The minimum absolute atomic E-state index is 0.0173. The maximum atomic E-state index is 14.1. The van der Waals surface area contributed by atoms with Gasteiger partial charge in [-0.05, 0) is 54.1 Å². The van der Waals surface area contributed by atoms with Crippen molar-refractivity contribution < 1.29 is 18.4 Å². The normalized spacial score (nSPS) is 12.4. The van der Waals surface area contributed by atoms with Crippen molar-refractivity contribution in [1.29, 1.82) is 5.26 Å². The van der Waals surface area contributed by atoms with Crippen molar-refractivity contribution in [3.63, 3.8) is 0 Å². The zero-order valence-electron chi connectivity index (χ0n) is 17.6. The average Bonchev–Trinajstić information content (AvgIpc) is 3.39. The van der Waals surface area contributed by atoms with Crippen LogP contribution in [0.15, 0.2) is 72.8 Å². The molecule has 3 aromatic carbocycles. The van der Waals surface area contributed by atoms with Crippen molar-refractivity contribution in [2.45, 2.75) is 6.42 Å². The smallest absolute Gasteiger partial charge is 0.249 e. The lowest BCUT2D eigenvalue weighted by atomic mass is 9.98. The number of hydrogen-bond acceptors (Lipinski definition) is 4. The number of anilines is 1. The molecule has 0 saturated carbocycles. The minimum Gasteiger partial charge on any atom is -0.325 e. The lowest BCUT2D eigenvalue weighted by Crippen LogP contribution is -2.29. The molecule has 166 valence electrons. The third kappa shape index (κ3) is 3.63. The summed E-state index contributed by atoms with van der Waals surface area (Å²) in [5.41, 5.74) is 3.40. The van der Waals surface area contributed by atoms with Gasteiger partial charge < -0.3 is 5.32 Å². The van der Waals surface area contributed by atoms with Crippen LogP contribution >= 0.6 is 0 Å². The SMILES string of the molecule is N#CC(C(=O)Nc1ccc(F)cc1)C(=O)c1nn(-c2ccccc2)c2c1Cc1ccc(F)cc1-2. The van der Waals surface area contributed by atoms with E-state index in [1.165, 1.54) is 24.3 Å². The highest BCUT2D eigenvalue weighted by molar-refractivity contribution is 6.16. The van der Waals surface area contributed by atoms with E-state index < -0.39 is 29.2 Å². The van der Waals surface area contributed by atoms with Crippen LogP contribution < -0.4 is 5.32 Å². The second kappa shape index (κ2) is 8.37. The fourth-order valence-corrected chi connectivity index (χ4v) is 4.08. The minimum atomic E-state index is -1.67. The number of rotatable bonds is 5. The van der Waals surface area contributed by atoms with Crippen molar-refractivity contribution >= 4 is 17.4 Å². The van der Waals surface area contributed by atoms with Gasteiger partial charge in [0.05, 0.1) is 17.5 Å². The molecule has 0 aliphatic heterocycles. The average molecular weight is 454 g/mol. The second-order valence-corrected chi connectivity index (χ2v) is 7.82. The molecule has 0 saturated heterocycles. The third-order valence-corrected chi connectivity index (χ3v) is 5.68. The first-order chi connectivity index (χ1) is 16.5. The molecular weight excluding hydrogens is 438 g/mol. The van der Waals surface area contributed by atoms with Crippen molar-refractivity contribution in [2.24, 2.45) is 5.92 Å². The van der Waals surface area contributed by atoms with Crippen LogP contribution in [0, 0.1) is 28.9 Å². The number of nitriles is 1. The summed E-state index contributed by atoms with van der Waals surface area (Å²) in [6.45, 7) is 0. The molecule has 1 amide bonds. The number of halogens is 2. The number of Topliss-reactive ketones (excluding diaryl/α,β-unsaturated/α-hetero) is 1. The van der Waals surface area contributed by atoms with E-state index in [1.807, 2.05) is 6.07 Å². The van der Waals surface area contributed by atoms with Crippen LogP contribution in [0.5, 0.6) is 0 Å². The fraction of sp³-hybridized carbons (Fsp3) is 0.0769. The Labute approximate surface area is 193 Å². The fourth-order valence-electron chi connectivity index (χ4n) is 4.08. The molecule has 0 spiro atoms. The van der Waals surface area contributed by atoms with Crippen molar-refractivity contribution in [3.8, 4) is 23.0 Å². The molecule has 1 aliphatic carbocycles. The van der Waals surface area contributed by atoms with Crippen LogP contribution in [0.1, 0.15) is 21.6 Å². The number of amides is 1. The lowest BCUT2D eigenvalue weighted by Gasteiger charge is -2.10. The molecule has 0 radical (unpaired) electrons. The molecule has 34 heavy (non-hydrogen) atoms. The zero-order chi connectivity index (χ0) is 23.8. The summed E-state index contributed by atoms with van der Waals surface area (Å²) in [5, 5.41) is 16.6. The molecule has 1 heterocycles. The van der Waals surface area contributed by atoms with E-state index in [-0.39, 0.29) is 11.4 Å². The molecule has 5 rings (SSSR count). The number of nitrogens with zero attached hydrogens (tertiary/aromatic N) is 3. The summed E-state index contributed by atoms with van der Waals surface area (Å²) in [5.74, 6) is -4.18. The van der Waals surface area contributed by atoms with Gasteiger partial charge in [-0.1, -0.05) is 24.3 Å². The highest BCUT2D eigenvalue weighted by Gasteiger charge is 2.36. The van der Waals surface area contributed by atoms with Gasteiger partial charge in [0.25, 0.3) is 0 Å². The summed E-state index contributed by atoms with van der Waals surface area (Å²) in [6, 6.07) is 20.2. The van der Waals surface area contributed by atoms with Crippen LogP contribution in [0.25, 0.3) is 16.9 Å². The van der Waals surface area contributed by atoms with Gasteiger partial charge in [0.15, 0.2) is 5.92 Å². The lowest BCUT2D eigenvalue weighted by molar-refractivity contribution is -0.117. The Morgan fingerprint density at radius 2 is 1.71 bits per heavy atom. The van der Waals surface area contributed by atoms with E-state index in [4.69, 9.17) is 0 Å². The summed E-state index contributed by atoms with van der Waals surface area (Å²) in [6.07, 6.45) is 0.316. The standard InChI is InChI=1S/C26H16F2N4O2/c27-16-8-10-18(11-9-16)30-26(34)22(14-29)25(33)23-21-12-15-6-7-17(28)13-20(15)24(21)32(31-23)19-4-2-1-3-5-19/h1-11,13,22H,12H2,(H,30,34). The van der Waals surface area contributed by atoms with Gasteiger partial charge in [-0.15, -0.1) is 0 Å². The predicted molar refractivity (Wildman–Crippen MR) is 120 cm³/mol. The quantitative estimate of drug-likeness (QED) is 0.309. The number of ketones is 1. The summed E-state index contributed by atoms with van der Waals surface area (Å²) >= 11 is 0. The molecule has 0 bridgehead atoms. The highest BCUT2D eigenvalue weighted by atomic mass is 19.1. The number of carbonyl (C=O) groups is 2. The van der Waals surface area contributed by atoms with E-state index in [0.717, 1.165) is 17.7 Å². The number of benzene rings is 3. The predicted octanol–water partition coefficient (Wildman–Crippen LogP) is 4.68. The van der Waals surface area contributed by atoms with E-state index in [0.29, 0.717) is 28.9 Å². The largest absolute Gasteiger partial charge is 0.325 e. The molecular formula is C26H16F2N4O2. The Morgan fingerprint density at radius 3 is 2.41 bits per heavy atom. The molecule has 1 aromatic heterocycles. The summed E-state index contributed by atoms with van der Waals surface area (Å²) < 4.78 is 28.8. The Kier molecular flexibility index (Phi) is 5.22. The number of nitrogens with one attached hydrogen (secondary N) is 1. The Hall–Kier alpha value is -4.64. The van der Waals surface area contributed by atoms with Crippen LogP contribution in [-0.4, -0.2) is 21.5 Å². The topological polar surface area (TPSA) is 87.8 Å². The summed E-state index contributed by atoms with van der Waals surface area (Å²) in [4.78, 5) is 26.1. The zero-order valence-corrected chi connectivity index (χ0v) is 17.6. The van der Waals surface area contributed by atoms with Crippen LogP contribution in [0.2, 0.25) is 0 Å². The molecule has 1 N–H and O–H groups in total. The molecule has 4 aromatic rings. The van der Waals surface area contributed by atoms with Crippen molar-refractivity contribution in [1.82, 2.24) is 9.78 Å². The van der Waals surface area contributed by atoms with Gasteiger partial charge >= 0.3 is 0 Å². The Morgan fingerprint density at radius 1 is 1.00 bits per heavy atom. The van der Waals surface area contributed by atoms with Crippen LogP contribution in [0.3, 0.4) is 0 Å². The van der Waals surface area contributed by atoms with Gasteiger partial charge in [0, 0.05) is 23.2 Å². The van der Waals surface area contributed by atoms with Crippen molar-refractivity contribution in [2.75, 3.05) is 5.32 Å². The Bertz CT molecular complexity index is 1470.